The smallest absolute Gasteiger partial charge is 0.295 e. The summed E-state index contributed by atoms with van der Waals surface area (Å²) in [6.07, 6.45) is 2.15. The molecule has 2 aromatic rings. The summed E-state index contributed by atoms with van der Waals surface area (Å²) in [7, 11) is 0. The molecule has 0 unspecified atom stereocenters. The van der Waals surface area contributed by atoms with Gasteiger partial charge in [-0.1, -0.05) is 0 Å². The molecule has 2 heterocycles. The van der Waals surface area contributed by atoms with Crippen LogP contribution in [0.5, 0.6) is 5.75 Å². The van der Waals surface area contributed by atoms with Crippen LogP contribution in [-0.2, 0) is 0 Å². The molecule has 98 valence electrons. The summed E-state index contributed by atoms with van der Waals surface area (Å²) in [5.74, 6) is 0.208. The molecule has 1 aromatic heterocycles. The summed E-state index contributed by atoms with van der Waals surface area (Å²) < 4.78 is 5.57. The highest BCUT2D eigenvalue weighted by Crippen LogP contribution is 2.23. The van der Waals surface area contributed by atoms with E-state index in [9.17, 15) is 5.11 Å². The molecule has 1 aromatic carbocycles. The van der Waals surface area contributed by atoms with Crippen molar-refractivity contribution in [3.63, 3.8) is 0 Å². The van der Waals surface area contributed by atoms with Crippen LogP contribution in [-0.4, -0.2) is 29.2 Å². The van der Waals surface area contributed by atoms with Gasteiger partial charge in [0, 0.05) is 12.1 Å². The van der Waals surface area contributed by atoms with E-state index in [-0.39, 0.29) is 22.7 Å². The molecule has 1 aliphatic heterocycles. The van der Waals surface area contributed by atoms with Gasteiger partial charge >= 0.3 is 0 Å². The molecule has 0 amide bonds. The number of oxazole rings is 1. The number of aromatic nitrogens is 1. The zero-order valence-corrected chi connectivity index (χ0v) is 11.6. The molecule has 3 N–H and O–H groups in total. The number of phenols is 1. The van der Waals surface area contributed by atoms with Gasteiger partial charge in [0.1, 0.15) is 11.3 Å². The van der Waals surface area contributed by atoms with Crippen LogP contribution in [0.15, 0.2) is 22.6 Å². The number of rotatable bonds is 2. The number of anilines is 1. The van der Waals surface area contributed by atoms with Gasteiger partial charge in [-0.25, -0.2) is 0 Å². The van der Waals surface area contributed by atoms with E-state index < -0.39 is 0 Å². The maximum Gasteiger partial charge on any atom is 0.295 e. The molecule has 18 heavy (non-hydrogen) atoms. The van der Waals surface area contributed by atoms with Crippen LogP contribution in [0.2, 0.25) is 0 Å². The van der Waals surface area contributed by atoms with Crippen molar-refractivity contribution in [1.29, 1.82) is 0 Å². The van der Waals surface area contributed by atoms with E-state index in [2.05, 4.69) is 15.6 Å². The van der Waals surface area contributed by atoms with Crippen molar-refractivity contribution >= 4 is 34.1 Å². The zero-order chi connectivity index (χ0) is 11.7. The standard InChI is InChI=1S/C12H15N3O2.BrH/c16-9-1-2-11-10(7-9)15-12(17-11)14-8-3-5-13-6-4-8;/h1-2,7-8,13,16H,3-6H2,(H,14,15);1H. The van der Waals surface area contributed by atoms with E-state index in [1.165, 1.54) is 0 Å². The minimum Gasteiger partial charge on any atom is -0.508 e. The second kappa shape index (κ2) is 5.58. The van der Waals surface area contributed by atoms with Crippen LogP contribution in [0.1, 0.15) is 12.8 Å². The molecule has 1 aliphatic rings. The fraction of sp³-hybridized carbons (Fsp3) is 0.417. The zero-order valence-electron chi connectivity index (χ0n) is 9.85. The molecule has 5 nitrogen and oxygen atoms in total. The third-order valence-electron chi connectivity index (χ3n) is 3.04. The van der Waals surface area contributed by atoms with E-state index >= 15 is 0 Å². The average molecular weight is 314 g/mol. The minimum atomic E-state index is 0. The van der Waals surface area contributed by atoms with E-state index in [1.54, 1.807) is 18.2 Å². The Balaban J connectivity index is 0.00000120. The fourth-order valence-corrected chi connectivity index (χ4v) is 2.12. The van der Waals surface area contributed by atoms with Gasteiger partial charge < -0.3 is 20.2 Å². The Morgan fingerprint density at radius 3 is 2.89 bits per heavy atom. The Kier molecular flexibility index (Phi) is 4.08. The van der Waals surface area contributed by atoms with Crippen molar-refractivity contribution in [2.24, 2.45) is 0 Å². The minimum absolute atomic E-state index is 0. The van der Waals surface area contributed by atoms with Crippen LogP contribution >= 0.6 is 17.0 Å². The molecule has 3 rings (SSSR count). The number of benzene rings is 1. The fourth-order valence-electron chi connectivity index (χ4n) is 2.12. The van der Waals surface area contributed by atoms with Crippen molar-refractivity contribution in [1.82, 2.24) is 10.3 Å². The Hall–Kier alpha value is -1.27. The lowest BCUT2D eigenvalue weighted by molar-refractivity contribution is 0.466. The van der Waals surface area contributed by atoms with Gasteiger partial charge in [0.2, 0.25) is 0 Å². The number of halogens is 1. The van der Waals surface area contributed by atoms with Gasteiger partial charge in [-0.2, -0.15) is 4.98 Å². The van der Waals surface area contributed by atoms with Gasteiger partial charge in [-0.3, -0.25) is 0 Å². The Labute approximate surface area is 115 Å². The first-order chi connectivity index (χ1) is 8.31. The van der Waals surface area contributed by atoms with E-state index in [0.717, 1.165) is 25.9 Å². The first-order valence-corrected chi connectivity index (χ1v) is 5.88. The number of nitrogens with one attached hydrogen (secondary N) is 2. The number of fused-ring (bicyclic) bond motifs is 1. The number of hydrogen-bond acceptors (Lipinski definition) is 5. The number of hydrogen-bond donors (Lipinski definition) is 3. The quantitative estimate of drug-likeness (QED) is 0.793. The first-order valence-electron chi connectivity index (χ1n) is 5.88. The highest BCUT2D eigenvalue weighted by Gasteiger charge is 2.15. The van der Waals surface area contributed by atoms with Crippen LogP contribution in [0.4, 0.5) is 6.01 Å². The molecular weight excluding hydrogens is 298 g/mol. The van der Waals surface area contributed by atoms with Crippen molar-refractivity contribution < 1.29 is 9.52 Å². The summed E-state index contributed by atoms with van der Waals surface area (Å²) in [4.78, 5) is 4.31. The van der Waals surface area contributed by atoms with Gasteiger partial charge in [-0.05, 0) is 38.1 Å². The summed E-state index contributed by atoms with van der Waals surface area (Å²) >= 11 is 0. The first kappa shape index (κ1) is 13.2. The maximum absolute atomic E-state index is 9.35. The number of aromatic hydroxyl groups is 1. The van der Waals surface area contributed by atoms with Crippen LogP contribution in [0, 0.1) is 0 Å². The molecule has 0 bridgehead atoms. The molecule has 6 heteroatoms. The average Bonchev–Trinajstić information content (AvgIpc) is 2.71. The largest absolute Gasteiger partial charge is 0.508 e. The van der Waals surface area contributed by atoms with Gasteiger partial charge in [0.25, 0.3) is 6.01 Å². The van der Waals surface area contributed by atoms with Crippen LogP contribution < -0.4 is 10.6 Å². The monoisotopic (exact) mass is 313 g/mol. The summed E-state index contributed by atoms with van der Waals surface area (Å²) in [5.41, 5.74) is 1.38. The van der Waals surface area contributed by atoms with Crippen molar-refractivity contribution in [2.75, 3.05) is 18.4 Å². The predicted octanol–water partition coefficient (Wildman–Crippen LogP) is 2.28. The molecular formula is C12H16BrN3O2. The second-order valence-electron chi connectivity index (χ2n) is 4.34. The van der Waals surface area contributed by atoms with E-state index in [1.807, 2.05) is 0 Å². The number of nitrogens with zero attached hydrogens (tertiary/aromatic N) is 1. The van der Waals surface area contributed by atoms with Gasteiger partial charge in [0.15, 0.2) is 5.58 Å². The van der Waals surface area contributed by atoms with Crippen molar-refractivity contribution in [3.8, 4) is 5.75 Å². The highest BCUT2D eigenvalue weighted by molar-refractivity contribution is 8.93. The molecule has 0 radical (unpaired) electrons. The lowest BCUT2D eigenvalue weighted by atomic mass is 10.1. The molecule has 0 saturated carbocycles. The maximum atomic E-state index is 9.35. The molecule has 0 atom stereocenters. The lowest BCUT2D eigenvalue weighted by Gasteiger charge is -2.22. The summed E-state index contributed by atoms with van der Waals surface area (Å²) in [6, 6.07) is 5.88. The Morgan fingerprint density at radius 2 is 2.11 bits per heavy atom. The summed E-state index contributed by atoms with van der Waals surface area (Å²) in [6.45, 7) is 2.05. The molecule has 0 aliphatic carbocycles. The van der Waals surface area contributed by atoms with E-state index in [0.29, 0.717) is 23.2 Å². The normalized spacial score (nSPS) is 16.4. The molecule has 1 fully saturated rings. The molecule has 0 spiro atoms. The molecule has 1 saturated heterocycles. The van der Waals surface area contributed by atoms with Crippen molar-refractivity contribution in [2.45, 2.75) is 18.9 Å². The second-order valence-corrected chi connectivity index (χ2v) is 4.34. The lowest BCUT2D eigenvalue weighted by Crippen LogP contribution is -2.35. The number of phenolic OH excluding ortho intramolecular Hbond substituents is 1. The summed E-state index contributed by atoms with van der Waals surface area (Å²) in [5, 5.41) is 16.0. The van der Waals surface area contributed by atoms with Crippen LogP contribution in [0.3, 0.4) is 0 Å². The Bertz CT molecular complexity index is 523. The Morgan fingerprint density at radius 1 is 1.33 bits per heavy atom. The van der Waals surface area contributed by atoms with E-state index in [4.69, 9.17) is 4.42 Å². The third kappa shape index (κ3) is 2.76. The van der Waals surface area contributed by atoms with Crippen molar-refractivity contribution in [3.05, 3.63) is 18.2 Å². The predicted molar refractivity (Wildman–Crippen MR) is 75.5 cm³/mol. The van der Waals surface area contributed by atoms with Gasteiger partial charge in [-0.15, -0.1) is 17.0 Å². The highest BCUT2D eigenvalue weighted by atomic mass is 79.9. The number of piperidine rings is 1. The topological polar surface area (TPSA) is 70.3 Å². The SMILES string of the molecule is Br.Oc1ccc2oc(NC3CCNCC3)nc2c1. The third-order valence-corrected chi connectivity index (χ3v) is 3.04. The van der Waals surface area contributed by atoms with Crippen LogP contribution in [0.25, 0.3) is 11.1 Å². The van der Waals surface area contributed by atoms with Gasteiger partial charge in [0.05, 0.1) is 0 Å².